The number of alkyl halides is 3. The molecule has 1 fully saturated rings. The standard InChI is InChI=1S/C16H24F3N3O2S.C7H8/c1-22(25(23)16(17,18)19)10-15(13-6-3-2-4-7-13)21-12-24-11-14-8-5-9-20-14;1-7-5-3-2-4-6-7/h2-4,6-7,14-15,20-21H,5,8-12H2,1H3;2-6H,1H3/t14-,15?,25?;/m0./s1. The van der Waals surface area contributed by atoms with Gasteiger partial charge in [0.2, 0.25) is 11.0 Å². The van der Waals surface area contributed by atoms with Gasteiger partial charge in [0, 0.05) is 25.7 Å². The van der Waals surface area contributed by atoms with Gasteiger partial charge in [-0.15, -0.1) is 0 Å². The second-order valence-electron chi connectivity index (χ2n) is 7.64. The van der Waals surface area contributed by atoms with Gasteiger partial charge in [-0.3, -0.25) is 5.32 Å². The fraction of sp³-hybridized carbons (Fsp3) is 0.478. The Morgan fingerprint density at radius 1 is 1.16 bits per heavy atom. The van der Waals surface area contributed by atoms with Crippen molar-refractivity contribution >= 4 is 11.0 Å². The molecule has 2 aromatic carbocycles. The minimum absolute atomic E-state index is 0.0544. The number of ether oxygens (including phenoxy) is 1. The average molecular weight is 472 g/mol. The fourth-order valence-corrected chi connectivity index (χ4v) is 3.91. The SMILES string of the molecule is CN(CC(NCOC[C@@H]1CCCN1)c1ccccc1)S(=O)C(F)(F)F.Cc1ccccc1. The third-order valence-corrected chi connectivity index (χ3v) is 6.09. The highest BCUT2D eigenvalue weighted by Gasteiger charge is 2.40. The predicted molar refractivity (Wildman–Crippen MR) is 122 cm³/mol. The topological polar surface area (TPSA) is 53.6 Å². The van der Waals surface area contributed by atoms with Gasteiger partial charge in [-0.05, 0) is 31.9 Å². The zero-order valence-corrected chi connectivity index (χ0v) is 19.3. The minimum Gasteiger partial charge on any atom is -0.365 e. The molecule has 1 saturated heterocycles. The van der Waals surface area contributed by atoms with E-state index in [2.05, 4.69) is 29.7 Å². The first-order valence-corrected chi connectivity index (χ1v) is 11.7. The smallest absolute Gasteiger partial charge is 0.365 e. The van der Waals surface area contributed by atoms with E-state index in [1.165, 1.54) is 12.6 Å². The van der Waals surface area contributed by atoms with Gasteiger partial charge in [0.15, 0.2) is 0 Å². The van der Waals surface area contributed by atoms with Crippen LogP contribution in [0.5, 0.6) is 0 Å². The van der Waals surface area contributed by atoms with Gasteiger partial charge in [0.05, 0.1) is 13.3 Å². The zero-order chi connectivity index (χ0) is 23.4. The van der Waals surface area contributed by atoms with Crippen molar-refractivity contribution in [1.82, 2.24) is 14.9 Å². The lowest BCUT2D eigenvalue weighted by Crippen LogP contribution is -2.39. The highest BCUT2D eigenvalue weighted by Crippen LogP contribution is 2.24. The van der Waals surface area contributed by atoms with Gasteiger partial charge in [0.25, 0.3) is 0 Å². The number of hydrogen-bond acceptors (Lipinski definition) is 4. The molecule has 0 radical (unpaired) electrons. The van der Waals surface area contributed by atoms with Gasteiger partial charge in [-0.25, -0.2) is 8.51 Å². The summed E-state index contributed by atoms with van der Waals surface area (Å²) in [6.07, 6.45) is 2.19. The van der Waals surface area contributed by atoms with Crippen LogP contribution in [0.15, 0.2) is 60.7 Å². The highest BCUT2D eigenvalue weighted by molar-refractivity contribution is 7.83. The van der Waals surface area contributed by atoms with Gasteiger partial charge < -0.3 is 10.1 Å². The first-order valence-electron chi connectivity index (χ1n) is 10.6. The lowest BCUT2D eigenvalue weighted by molar-refractivity contribution is -0.0425. The third-order valence-electron chi connectivity index (χ3n) is 4.98. The Morgan fingerprint density at radius 2 is 1.78 bits per heavy atom. The summed E-state index contributed by atoms with van der Waals surface area (Å²) in [5.74, 6) is 0. The van der Waals surface area contributed by atoms with Gasteiger partial charge >= 0.3 is 5.51 Å². The lowest BCUT2D eigenvalue weighted by Gasteiger charge is -2.25. The maximum Gasteiger partial charge on any atom is 0.485 e. The summed E-state index contributed by atoms with van der Waals surface area (Å²) >= 11 is 0. The summed E-state index contributed by atoms with van der Waals surface area (Å²) in [6.45, 7) is 3.78. The lowest BCUT2D eigenvalue weighted by atomic mass is 10.1. The molecule has 2 aromatic rings. The van der Waals surface area contributed by atoms with Crippen LogP contribution in [0.25, 0.3) is 0 Å². The molecular weight excluding hydrogens is 439 g/mol. The van der Waals surface area contributed by atoms with Crippen LogP contribution in [0.3, 0.4) is 0 Å². The van der Waals surface area contributed by atoms with Crippen molar-refractivity contribution in [2.75, 3.05) is 33.5 Å². The summed E-state index contributed by atoms with van der Waals surface area (Å²) in [4.78, 5) is 0. The Bertz CT molecular complexity index is 788. The second kappa shape index (κ2) is 13.7. The van der Waals surface area contributed by atoms with E-state index in [1.54, 1.807) is 0 Å². The van der Waals surface area contributed by atoms with E-state index >= 15 is 0 Å². The molecule has 178 valence electrons. The third kappa shape index (κ3) is 9.79. The van der Waals surface area contributed by atoms with Crippen molar-refractivity contribution in [2.45, 2.75) is 37.4 Å². The number of halogens is 3. The van der Waals surface area contributed by atoms with Crippen LogP contribution < -0.4 is 10.6 Å². The van der Waals surface area contributed by atoms with Crippen molar-refractivity contribution in [3.05, 3.63) is 71.8 Å². The molecule has 5 nitrogen and oxygen atoms in total. The molecule has 0 bridgehead atoms. The predicted octanol–water partition coefficient (Wildman–Crippen LogP) is 4.15. The summed E-state index contributed by atoms with van der Waals surface area (Å²) < 4.78 is 55.8. The average Bonchev–Trinajstić information content (AvgIpc) is 3.30. The van der Waals surface area contributed by atoms with Crippen LogP contribution in [0.2, 0.25) is 0 Å². The van der Waals surface area contributed by atoms with E-state index in [4.69, 9.17) is 4.74 Å². The zero-order valence-electron chi connectivity index (χ0n) is 18.5. The molecule has 0 aliphatic carbocycles. The molecule has 3 atom stereocenters. The Morgan fingerprint density at radius 3 is 2.28 bits per heavy atom. The fourth-order valence-electron chi connectivity index (χ4n) is 3.27. The summed E-state index contributed by atoms with van der Waals surface area (Å²) in [5.41, 5.74) is -2.63. The van der Waals surface area contributed by atoms with Gasteiger partial charge in [0.1, 0.15) is 0 Å². The normalized spacial score (nSPS) is 18.1. The Kier molecular flexibility index (Phi) is 11.3. The van der Waals surface area contributed by atoms with Crippen LogP contribution in [0.4, 0.5) is 13.2 Å². The van der Waals surface area contributed by atoms with E-state index < -0.39 is 22.5 Å². The molecule has 1 heterocycles. The molecule has 32 heavy (non-hydrogen) atoms. The second-order valence-corrected chi connectivity index (χ2v) is 9.22. The molecule has 0 spiro atoms. The highest BCUT2D eigenvalue weighted by atomic mass is 32.2. The van der Waals surface area contributed by atoms with E-state index in [0.717, 1.165) is 29.3 Å². The van der Waals surface area contributed by atoms with E-state index in [-0.39, 0.29) is 13.3 Å². The Labute approximate surface area is 190 Å². The van der Waals surface area contributed by atoms with Crippen molar-refractivity contribution in [1.29, 1.82) is 0 Å². The Balaban J connectivity index is 0.000000439. The summed E-state index contributed by atoms with van der Waals surface area (Å²) in [5, 5.41) is 6.42. The van der Waals surface area contributed by atoms with Crippen LogP contribution in [0.1, 0.15) is 30.0 Å². The van der Waals surface area contributed by atoms with E-state index in [0.29, 0.717) is 12.6 Å². The van der Waals surface area contributed by atoms with Gasteiger partial charge in [-0.2, -0.15) is 13.2 Å². The molecule has 3 rings (SSSR count). The van der Waals surface area contributed by atoms with Gasteiger partial charge in [-0.1, -0.05) is 66.2 Å². The number of hydrogen-bond donors (Lipinski definition) is 2. The van der Waals surface area contributed by atoms with Crippen LogP contribution in [-0.2, 0) is 15.7 Å². The van der Waals surface area contributed by atoms with E-state index in [1.807, 2.05) is 48.5 Å². The van der Waals surface area contributed by atoms with Crippen LogP contribution in [0, 0.1) is 6.92 Å². The molecule has 0 saturated carbocycles. The number of rotatable bonds is 9. The summed E-state index contributed by atoms with van der Waals surface area (Å²) in [7, 11) is -1.84. The number of benzene rings is 2. The quantitative estimate of drug-likeness (QED) is 0.426. The Hall–Kier alpha value is -1.78. The summed E-state index contributed by atoms with van der Waals surface area (Å²) in [6, 6.07) is 19.3. The van der Waals surface area contributed by atoms with Crippen molar-refractivity contribution in [2.24, 2.45) is 0 Å². The molecule has 1 aliphatic heterocycles. The first-order chi connectivity index (χ1) is 15.3. The molecule has 0 amide bonds. The minimum atomic E-state index is -4.76. The molecule has 1 aliphatic rings. The van der Waals surface area contributed by atoms with Crippen LogP contribution >= 0.6 is 0 Å². The molecule has 2 N–H and O–H groups in total. The number of nitrogens with one attached hydrogen (secondary N) is 2. The maximum absolute atomic E-state index is 12.6. The maximum atomic E-state index is 12.6. The van der Waals surface area contributed by atoms with Crippen LogP contribution in [-0.4, -0.2) is 53.5 Å². The number of nitrogens with zero attached hydrogens (tertiary/aromatic N) is 1. The molecular formula is C23H32F3N3O2S. The molecule has 0 aromatic heterocycles. The molecule has 9 heteroatoms. The monoisotopic (exact) mass is 471 g/mol. The number of likely N-dealkylation sites (N-methyl/N-ethyl adjacent to an activating group) is 1. The van der Waals surface area contributed by atoms with Crippen molar-refractivity contribution in [3.63, 3.8) is 0 Å². The van der Waals surface area contributed by atoms with Crippen molar-refractivity contribution < 1.29 is 22.1 Å². The van der Waals surface area contributed by atoms with Crippen molar-refractivity contribution in [3.8, 4) is 0 Å². The first kappa shape index (κ1) is 26.5. The number of aryl methyl sites for hydroxylation is 1. The van der Waals surface area contributed by atoms with E-state index in [9.17, 15) is 17.4 Å². The largest absolute Gasteiger partial charge is 0.485 e. The molecule has 2 unspecified atom stereocenters.